The normalized spacial score (nSPS) is 10.2. The smallest absolute Gasteiger partial charge is 0.131 e. The molecule has 2 aromatic carbocycles. The maximum atomic E-state index is 9.45. The molecule has 3 heteroatoms. The molecule has 0 heterocycles. The summed E-state index contributed by atoms with van der Waals surface area (Å²) in [5, 5.41) is 18.9. The van der Waals surface area contributed by atoms with E-state index in [9.17, 15) is 10.2 Å². The zero-order chi connectivity index (χ0) is 12.4. The molecule has 0 fully saturated rings. The number of ether oxygens (including phenoxy) is 1. The summed E-state index contributed by atoms with van der Waals surface area (Å²) in [5.41, 5.74) is 1.83. The quantitative estimate of drug-likeness (QED) is 0.830. The standard InChI is InChI=1S/C14H14O3/c1-9-3-11(15)7-13(5-9)17-14-6-10(2)4-12(16)8-14/h3-8,15-16H,1-2H3. The van der Waals surface area contributed by atoms with Gasteiger partial charge in [0.1, 0.15) is 23.0 Å². The van der Waals surface area contributed by atoms with E-state index in [0.717, 1.165) is 11.1 Å². The average Bonchev–Trinajstić information content (AvgIpc) is 2.13. The highest BCUT2D eigenvalue weighted by molar-refractivity contribution is 5.42. The Labute approximate surface area is 99.9 Å². The first-order valence-corrected chi connectivity index (χ1v) is 5.32. The Balaban J connectivity index is 2.31. The second kappa shape index (κ2) is 4.37. The molecule has 2 N–H and O–H groups in total. The first-order chi connectivity index (χ1) is 8.02. The number of hydrogen-bond donors (Lipinski definition) is 2. The first kappa shape index (κ1) is 11.3. The van der Waals surface area contributed by atoms with Crippen LogP contribution in [-0.2, 0) is 0 Å². The molecule has 0 aliphatic carbocycles. The second-order valence-corrected chi connectivity index (χ2v) is 4.11. The lowest BCUT2D eigenvalue weighted by molar-refractivity contribution is 0.445. The van der Waals surface area contributed by atoms with Crippen molar-refractivity contribution in [3.8, 4) is 23.0 Å². The van der Waals surface area contributed by atoms with Crippen molar-refractivity contribution in [1.29, 1.82) is 0 Å². The third-order valence-corrected chi connectivity index (χ3v) is 2.31. The van der Waals surface area contributed by atoms with Gasteiger partial charge in [-0.25, -0.2) is 0 Å². The third-order valence-electron chi connectivity index (χ3n) is 2.31. The summed E-state index contributed by atoms with van der Waals surface area (Å²) in [6.45, 7) is 3.75. The van der Waals surface area contributed by atoms with E-state index in [1.165, 1.54) is 12.1 Å². The van der Waals surface area contributed by atoms with E-state index < -0.39 is 0 Å². The minimum Gasteiger partial charge on any atom is -0.508 e. The van der Waals surface area contributed by atoms with Crippen molar-refractivity contribution in [2.75, 3.05) is 0 Å². The van der Waals surface area contributed by atoms with Crippen LogP contribution >= 0.6 is 0 Å². The van der Waals surface area contributed by atoms with Crippen LogP contribution in [0, 0.1) is 13.8 Å². The van der Waals surface area contributed by atoms with Crippen molar-refractivity contribution in [3.05, 3.63) is 47.5 Å². The van der Waals surface area contributed by atoms with Gasteiger partial charge in [-0.3, -0.25) is 0 Å². The Bertz CT molecular complexity index is 457. The average molecular weight is 230 g/mol. The third kappa shape index (κ3) is 2.91. The Hall–Kier alpha value is -2.16. The number of phenolic OH excluding ortho intramolecular Hbond substituents is 2. The fourth-order valence-corrected chi connectivity index (χ4v) is 1.71. The van der Waals surface area contributed by atoms with Crippen molar-refractivity contribution in [1.82, 2.24) is 0 Å². The van der Waals surface area contributed by atoms with E-state index in [4.69, 9.17) is 4.74 Å². The van der Waals surface area contributed by atoms with E-state index in [2.05, 4.69) is 0 Å². The summed E-state index contributed by atoms with van der Waals surface area (Å²) in [6, 6.07) is 10.0. The molecule has 88 valence electrons. The Morgan fingerprint density at radius 2 is 1.12 bits per heavy atom. The van der Waals surface area contributed by atoms with E-state index in [0.29, 0.717) is 11.5 Å². The lowest BCUT2D eigenvalue weighted by Gasteiger charge is -2.08. The van der Waals surface area contributed by atoms with Crippen LogP contribution in [0.3, 0.4) is 0 Å². The summed E-state index contributed by atoms with van der Waals surface area (Å²) < 4.78 is 5.58. The molecule has 3 nitrogen and oxygen atoms in total. The van der Waals surface area contributed by atoms with Crippen molar-refractivity contribution in [3.63, 3.8) is 0 Å². The predicted octanol–water partition coefficient (Wildman–Crippen LogP) is 3.51. The monoisotopic (exact) mass is 230 g/mol. The van der Waals surface area contributed by atoms with Crippen molar-refractivity contribution >= 4 is 0 Å². The molecule has 0 amide bonds. The van der Waals surface area contributed by atoms with Crippen LogP contribution in [0.15, 0.2) is 36.4 Å². The van der Waals surface area contributed by atoms with E-state index in [-0.39, 0.29) is 11.5 Å². The molecule has 0 aliphatic rings. The highest BCUT2D eigenvalue weighted by Crippen LogP contribution is 2.29. The summed E-state index contributed by atoms with van der Waals surface area (Å²) >= 11 is 0. The minimum absolute atomic E-state index is 0.164. The SMILES string of the molecule is Cc1cc(O)cc(Oc2cc(C)cc(O)c2)c1. The molecule has 0 aliphatic heterocycles. The lowest BCUT2D eigenvalue weighted by Crippen LogP contribution is -1.86. The second-order valence-electron chi connectivity index (χ2n) is 4.11. The van der Waals surface area contributed by atoms with Gasteiger partial charge in [0.2, 0.25) is 0 Å². The van der Waals surface area contributed by atoms with Crippen molar-refractivity contribution in [2.24, 2.45) is 0 Å². The van der Waals surface area contributed by atoms with Gasteiger partial charge in [0.05, 0.1) is 0 Å². The fraction of sp³-hybridized carbons (Fsp3) is 0.143. The molecular weight excluding hydrogens is 216 g/mol. The predicted molar refractivity (Wildman–Crippen MR) is 65.8 cm³/mol. The summed E-state index contributed by atoms with van der Waals surface area (Å²) in [4.78, 5) is 0. The van der Waals surface area contributed by atoms with Gasteiger partial charge in [-0.2, -0.15) is 0 Å². The van der Waals surface area contributed by atoms with Gasteiger partial charge in [-0.1, -0.05) is 0 Å². The van der Waals surface area contributed by atoms with Crippen LogP contribution < -0.4 is 4.74 Å². The molecule has 0 bridgehead atoms. The number of benzene rings is 2. The summed E-state index contributed by atoms with van der Waals surface area (Å²) in [5.74, 6) is 1.42. The largest absolute Gasteiger partial charge is 0.508 e. The minimum atomic E-state index is 0.164. The van der Waals surface area contributed by atoms with E-state index >= 15 is 0 Å². The number of rotatable bonds is 2. The number of aromatic hydroxyl groups is 2. The van der Waals surface area contributed by atoms with Gasteiger partial charge in [0.25, 0.3) is 0 Å². The van der Waals surface area contributed by atoms with E-state index in [1.54, 1.807) is 12.1 Å². The van der Waals surface area contributed by atoms with E-state index in [1.807, 2.05) is 26.0 Å². The lowest BCUT2D eigenvalue weighted by atomic mass is 10.2. The van der Waals surface area contributed by atoms with Crippen LogP contribution in [0.25, 0.3) is 0 Å². The zero-order valence-corrected chi connectivity index (χ0v) is 9.77. The molecule has 0 aromatic heterocycles. The van der Waals surface area contributed by atoms with Crippen LogP contribution in [-0.4, -0.2) is 10.2 Å². The summed E-state index contributed by atoms with van der Waals surface area (Å²) in [7, 11) is 0. The van der Waals surface area contributed by atoms with Gasteiger partial charge in [0, 0.05) is 12.1 Å². The maximum absolute atomic E-state index is 9.45. The molecule has 0 unspecified atom stereocenters. The molecule has 0 saturated heterocycles. The van der Waals surface area contributed by atoms with Gasteiger partial charge in [-0.15, -0.1) is 0 Å². The maximum Gasteiger partial charge on any atom is 0.131 e. The van der Waals surface area contributed by atoms with Gasteiger partial charge in [0.15, 0.2) is 0 Å². The number of aryl methyl sites for hydroxylation is 2. The summed E-state index contributed by atoms with van der Waals surface area (Å²) in [6.07, 6.45) is 0. The van der Waals surface area contributed by atoms with Crippen LogP contribution in [0.2, 0.25) is 0 Å². The van der Waals surface area contributed by atoms with Crippen LogP contribution in [0.1, 0.15) is 11.1 Å². The molecule has 0 saturated carbocycles. The molecular formula is C14H14O3. The zero-order valence-electron chi connectivity index (χ0n) is 9.77. The van der Waals surface area contributed by atoms with Gasteiger partial charge >= 0.3 is 0 Å². The Morgan fingerprint density at radius 1 is 0.706 bits per heavy atom. The molecule has 2 rings (SSSR count). The Kier molecular flexibility index (Phi) is 2.91. The topological polar surface area (TPSA) is 49.7 Å². The van der Waals surface area contributed by atoms with Crippen LogP contribution in [0.4, 0.5) is 0 Å². The number of hydrogen-bond acceptors (Lipinski definition) is 3. The van der Waals surface area contributed by atoms with Gasteiger partial charge in [-0.05, 0) is 49.2 Å². The number of phenols is 2. The van der Waals surface area contributed by atoms with Crippen molar-refractivity contribution < 1.29 is 14.9 Å². The molecule has 17 heavy (non-hydrogen) atoms. The highest BCUT2D eigenvalue weighted by Gasteiger charge is 2.02. The fourth-order valence-electron chi connectivity index (χ4n) is 1.71. The molecule has 0 atom stereocenters. The van der Waals surface area contributed by atoms with Crippen LogP contribution in [0.5, 0.6) is 23.0 Å². The van der Waals surface area contributed by atoms with Crippen molar-refractivity contribution in [2.45, 2.75) is 13.8 Å². The Morgan fingerprint density at radius 3 is 1.47 bits per heavy atom. The molecule has 0 spiro atoms. The molecule has 2 aromatic rings. The highest BCUT2D eigenvalue weighted by atomic mass is 16.5. The first-order valence-electron chi connectivity index (χ1n) is 5.32. The van der Waals surface area contributed by atoms with Gasteiger partial charge < -0.3 is 14.9 Å². The molecule has 0 radical (unpaired) electrons.